The largest absolute Gasteiger partial charge is 0.497 e. The highest BCUT2D eigenvalue weighted by Crippen LogP contribution is 2.33. The van der Waals surface area contributed by atoms with E-state index >= 15 is 0 Å². The molecule has 3 rings (SSSR count). The highest BCUT2D eigenvalue weighted by atomic mass is 16.5. The number of fused-ring (bicyclic) bond motifs is 1. The molecule has 4 heteroatoms. The number of rotatable bonds is 2. The van der Waals surface area contributed by atoms with E-state index in [0.717, 1.165) is 17.7 Å². The van der Waals surface area contributed by atoms with E-state index in [1.54, 1.807) is 7.11 Å². The molecule has 2 saturated heterocycles. The van der Waals surface area contributed by atoms with Crippen LogP contribution in [0.4, 0.5) is 0 Å². The van der Waals surface area contributed by atoms with Crippen molar-refractivity contribution < 1.29 is 14.3 Å². The highest BCUT2D eigenvalue weighted by molar-refractivity contribution is 5.90. The summed E-state index contributed by atoms with van der Waals surface area (Å²) in [7, 11) is 1.62. The molecule has 1 amide bonds. The third-order valence-corrected chi connectivity index (χ3v) is 4.18. The number of nitrogens with zero attached hydrogens (tertiary/aromatic N) is 1. The standard InChI is InChI=1S/C15H17NO3/c1-19-12-5-2-10(3-6-12)13-9-16-11(8-14(13)17)4-7-15(16)18/h2-3,5-6,11,13H,4,7-9H2,1H3/t11-,13-/m0/s1. The van der Waals surface area contributed by atoms with Crippen LogP contribution in [-0.2, 0) is 9.59 Å². The van der Waals surface area contributed by atoms with Crippen LogP contribution in [0, 0.1) is 0 Å². The van der Waals surface area contributed by atoms with Crippen molar-refractivity contribution in [2.24, 2.45) is 0 Å². The summed E-state index contributed by atoms with van der Waals surface area (Å²) in [5.41, 5.74) is 0.976. The first kappa shape index (κ1) is 12.2. The van der Waals surface area contributed by atoms with E-state index in [4.69, 9.17) is 4.74 Å². The molecule has 0 N–H and O–H groups in total. The Labute approximate surface area is 112 Å². The van der Waals surface area contributed by atoms with Crippen LogP contribution >= 0.6 is 0 Å². The average molecular weight is 259 g/mol. The van der Waals surface area contributed by atoms with Crippen LogP contribution in [0.3, 0.4) is 0 Å². The Bertz CT molecular complexity index is 509. The Kier molecular flexibility index (Phi) is 3.01. The predicted molar refractivity (Wildman–Crippen MR) is 70.1 cm³/mol. The first-order valence-corrected chi connectivity index (χ1v) is 6.65. The number of ether oxygens (including phenoxy) is 1. The maximum absolute atomic E-state index is 12.2. The summed E-state index contributed by atoms with van der Waals surface area (Å²) in [6.45, 7) is 0.536. The number of carbonyl (C=O) groups excluding carboxylic acids is 2. The van der Waals surface area contributed by atoms with Crippen LogP contribution < -0.4 is 4.74 Å². The molecule has 2 heterocycles. The lowest BCUT2D eigenvalue weighted by Crippen LogP contribution is -2.44. The molecule has 0 aliphatic carbocycles. The number of amides is 1. The molecule has 100 valence electrons. The Morgan fingerprint density at radius 1 is 1.21 bits per heavy atom. The molecule has 2 aliphatic rings. The normalized spacial score (nSPS) is 26.5. The van der Waals surface area contributed by atoms with E-state index in [9.17, 15) is 9.59 Å². The molecule has 19 heavy (non-hydrogen) atoms. The molecule has 2 aliphatic heterocycles. The zero-order chi connectivity index (χ0) is 13.4. The molecule has 0 radical (unpaired) electrons. The summed E-state index contributed by atoms with van der Waals surface area (Å²) in [5, 5.41) is 0. The molecule has 1 aromatic carbocycles. The van der Waals surface area contributed by atoms with Crippen LogP contribution in [0.2, 0.25) is 0 Å². The second-order valence-electron chi connectivity index (χ2n) is 5.23. The van der Waals surface area contributed by atoms with Crippen LogP contribution in [0.15, 0.2) is 24.3 Å². The molecule has 2 atom stereocenters. The first-order valence-electron chi connectivity index (χ1n) is 6.65. The van der Waals surface area contributed by atoms with Crippen molar-refractivity contribution in [1.82, 2.24) is 4.90 Å². The van der Waals surface area contributed by atoms with Gasteiger partial charge in [-0.05, 0) is 24.1 Å². The van der Waals surface area contributed by atoms with E-state index in [1.807, 2.05) is 29.2 Å². The second-order valence-corrected chi connectivity index (χ2v) is 5.23. The monoisotopic (exact) mass is 259 g/mol. The number of ketones is 1. The lowest BCUT2D eigenvalue weighted by molar-refractivity contribution is -0.134. The fourth-order valence-corrected chi connectivity index (χ4v) is 3.06. The number of piperidine rings is 1. The van der Waals surface area contributed by atoms with Gasteiger partial charge in [0.25, 0.3) is 0 Å². The van der Waals surface area contributed by atoms with E-state index in [2.05, 4.69) is 0 Å². The van der Waals surface area contributed by atoms with Crippen LogP contribution in [-0.4, -0.2) is 36.3 Å². The van der Waals surface area contributed by atoms with Crippen molar-refractivity contribution in [3.63, 3.8) is 0 Å². The first-order chi connectivity index (χ1) is 9.19. The fourth-order valence-electron chi connectivity index (χ4n) is 3.06. The number of hydrogen-bond donors (Lipinski definition) is 0. The third kappa shape index (κ3) is 2.11. The van der Waals surface area contributed by atoms with Gasteiger partial charge in [0.15, 0.2) is 0 Å². The Hall–Kier alpha value is -1.84. The molecular formula is C15H17NO3. The van der Waals surface area contributed by atoms with Crippen molar-refractivity contribution in [1.29, 1.82) is 0 Å². The van der Waals surface area contributed by atoms with Gasteiger partial charge in [0.05, 0.1) is 13.0 Å². The van der Waals surface area contributed by atoms with Gasteiger partial charge < -0.3 is 9.64 Å². The summed E-state index contributed by atoms with van der Waals surface area (Å²) in [6.07, 6.45) is 1.93. The van der Waals surface area contributed by atoms with Gasteiger partial charge in [0, 0.05) is 25.4 Å². The summed E-state index contributed by atoms with van der Waals surface area (Å²) < 4.78 is 5.12. The molecule has 0 bridgehead atoms. The van der Waals surface area contributed by atoms with Crippen LogP contribution in [0.5, 0.6) is 5.75 Å². The van der Waals surface area contributed by atoms with Crippen LogP contribution in [0.1, 0.15) is 30.7 Å². The molecular weight excluding hydrogens is 242 g/mol. The predicted octanol–water partition coefficient (Wildman–Crippen LogP) is 1.74. The van der Waals surface area contributed by atoms with E-state index in [0.29, 0.717) is 19.4 Å². The lowest BCUT2D eigenvalue weighted by Gasteiger charge is -2.34. The highest BCUT2D eigenvalue weighted by Gasteiger charge is 2.40. The fraction of sp³-hybridized carbons (Fsp3) is 0.467. The van der Waals surface area contributed by atoms with Gasteiger partial charge in [-0.2, -0.15) is 0 Å². The van der Waals surface area contributed by atoms with Crippen molar-refractivity contribution in [3.8, 4) is 5.75 Å². The zero-order valence-electron chi connectivity index (χ0n) is 11.0. The Morgan fingerprint density at radius 3 is 2.63 bits per heavy atom. The summed E-state index contributed by atoms with van der Waals surface area (Å²) in [5.74, 6) is 1.04. The molecule has 4 nitrogen and oxygen atoms in total. The van der Waals surface area contributed by atoms with E-state index in [-0.39, 0.29) is 23.7 Å². The van der Waals surface area contributed by atoms with Gasteiger partial charge in [0.1, 0.15) is 11.5 Å². The molecule has 0 aromatic heterocycles. The summed E-state index contributed by atoms with van der Waals surface area (Å²) >= 11 is 0. The lowest BCUT2D eigenvalue weighted by atomic mass is 9.86. The van der Waals surface area contributed by atoms with Gasteiger partial charge in [0.2, 0.25) is 5.91 Å². The minimum Gasteiger partial charge on any atom is -0.497 e. The molecule has 0 unspecified atom stereocenters. The van der Waals surface area contributed by atoms with Gasteiger partial charge in [-0.25, -0.2) is 0 Å². The summed E-state index contributed by atoms with van der Waals surface area (Å²) in [4.78, 5) is 25.9. The number of hydrogen-bond acceptors (Lipinski definition) is 3. The topological polar surface area (TPSA) is 46.6 Å². The van der Waals surface area contributed by atoms with Gasteiger partial charge in [-0.1, -0.05) is 12.1 Å². The maximum atomic E-state index is 12.2. The van der Waals surface area contributed by atoms with Crippen molar-refractivity contribution in [2.75, 3.05) is 13.7 Å². The van der Waals surface area contributed by atoms with Gasteiger partial charge in [-0.3, -0.25) is 9.59 Å². The van der Waals surface area contributed by atoms with Crippen molar-refractivity contribution >= 4 is 11.7 Å². The number of carbonyl (C=O) groups is 2. The van der Waals surface area contributed by atoms with Gasteiger partial charge in [-0.15, -0.1) is 0 Å². The van der Waals surface area contributed by atoms with Crippen molar-refractivity contribution in [3.05, 3.63) is 29.8 Å². The third-order valence-electron chi connectivity index (χ3n) is 4.18. The maximum Gasteiger partial charge on any atom is 0.222 e. The Balaban J connectivity index is 1.83. The number of Topliss-reactive ketones (excluding diaryl/α,β-unsaturated/α-hetero) is 1. The molecule has 2 fully saturated rings. The van der Waals surface area contributed by atoms with Crippen molar-refractivity contribution in [2.45, 2.75) is 31.2 Å². The zero-order valence-corrected chi connectivity index (χ0v) is 11.0. The SMILES string of the molecule is COc1ccc([C@@H]2CN3C(=O)CC[C@H]3CC2=O)cc1. The molecule has 0 saturated carbocycles. The smallest absolute Gasteiger partial charge is 0.222 e. The minimum absolute atomic E-state index is 0.148. The van der Waals surface area contributed by atoms with E-state index in [1.165, 1.54) is 0 Å². The average Bonchev–Trinajstić information content (AvgIpc) is 2.79. The Morgan fingerprint density at radius 2 is 1.95 bits per heavy atom. The number of benzene rings is 1. The van der Waals surface area contributed by atoms with Crippen LogP contribution in [0.25, 0.3) is 0 Å². The number of methoxy groups -OCH3 is 1. The molecule has 1 aromatic rings. The minimum atomic E-state index is -0.177. The van der Waals surface area contributed by atoms with Gasteiger partial charge >= 0.3 is 0 Å². The second kappa shape index (κ2) is 4.68. The molecule has 0 spiro atoms. The summed E-state index contributed by atoms with van der Waals surface area (Å²) in [6, 6.07) is 7.71. The quantitative estimate of drug-likeness (QED) is 0.812. The van der Waals surface area contributed by atoms with E-state index < -0.39 is 0 Å².